The minimum absolute atomic E-state index is 0.126. The fraction of sp³-hybridized carbons (Fsp3) is 0.667. The minimum atomic E-state index is -0.598. The highest BCUT2D eigenvalue weighted by molar-refractivity contribution is 5.42. The van der Waals surface area contributed by atoms with Gasteiger partial charge in [-0.15, -0.1) is 0 Å². The van der Waals surface area contributed by atoms with Crippen molar-refractivity contribution in [2.75, 3.05) is 25.4 Å². The average molecular weight is 303 g/mol. The highest BCUT2D eigenvalue weighted by Crippen LogP contribution is 2.41. The molecule has 0 spiro atoms. The molecule has 1 unspecified atom stereocenters. The number of nitrogens with two attached hydrogens (primary N) is 2. The van der Waals surface area contributed by atoms with Crippen LogP contribution < -0.4 is 11.5 Å². The van der Waals surface area contributed by atoms with E-state index in [1.807, 2.05) is 18.2 Å². The summed E-state index contributed by atoms with van der Waals surface area (Å²) >= 11 is 0. The lowest BCUT2D eigenvalue weighted by Gasteiger charge is -2.41. The van der Waals surface area contributed by atoms with Crippen molar-refractivity contribution >= 4 is 5.69 Å². The van der Waals surface area contributed by atoms with Gasteiger partial charge in [0, 0.05) is 30.7 Å². The van der Waals surface area contributed by atoms with Gasteiger partial charge in [-0.2, -0.15) is 0 Å². The van der Waals surface area contributed by atoms with E-state index in [1.165, 1.54) is 12.0 Å². The maximum absolute atomic E-state index is 11.3. The van der Waals surface area contributed by atoms with Crippen molar-refractivity contribution in [3.8, 4) is 0 Å². The Hall–Kier alpha value is -1.10. The first-order valence-corrected chi connectivity index (χ1v) is 8.62. The Morgan fingerprint density at radius 1 is 1.27 bits per heavy atom. The molecule has 1 aromatic carbocycles. The largest absolute Gasteiger partial charge is 0.399 e. The first-order chi connectivity index (χ1) is 10.6. The third kappa shape index (κ3) is 3.45. The molecule has 0 aromatic heterocycles. The molecule has 122 valence electrons. The van der Waals surface area contributed by atoms with E-state index in [2.05, 4.69) is 11.0 Å². The second-order valence-electron chi connectivity index (χ2n) is 7.20. The molecule has 2 fully saturated rings. The third-order valence-electron chi connectivity index (χ3n) is 5.43. The second-order valence-corrected chi connectivity index (χ2v) is 7.20. The molecule has 3 rings (SSSR count). The minimum Gasteiger partial charge on any atom is -0.399 e. The Morgan fingerprint density at radius 2 is 2.05 bits per heavy atom. The highest BCUT2D eigenvalue weighted by atomic mass is 16.3. The zero-order valence-corrected chi connectivity index (χ0v) is 13.4. The summed E-state index contributed by atoms with van der Waals surface area (Å²) in [6.45, 7) is 2.86. The molecule has 1 heterocycles. The number of hydrogen-bond acceptors (Lipinski definition) is 4. The molecule has 4 heteroatoms. The van der Waals surface area contributed by atoms with Crippen LogP contribution in [0.5, 0.6) is 0 Å². The summed E-state index contributed by atoms with van der Waals surface area (Å²) in [6.07, 6.45) is 6.32. The predicted molar refractivity (Wildman–Crippen MR) is 90.7 cm³/mol. The Labute approximate surface area is 133 Å². The van der Waals surface area contributed by atoms with Gasteiger partial charge in [0.05, 0.1) is 5.60 Å². The maximum Gasteiger partial charge on any atom is 0.0728 e. The van der Waals surface area contributed by atoms with Crippen LogP contribution in [0.25, 0.3) is 0 Å². The second kappa shape index (κ2) is 6.57. The number of hydrogen-bond donors (Lipinski definition) is 3. The van der Waals surface area contributed by atoms with Crippen LogP contribution in [-0.2, 0) is 0 Å². The van der Waals surface area contributed by atoms with Crippen LogP contribution in [-0.4, -0.2) is 41.3 Å². The molecule has 2 atom stereocenters. The molecule has 1 aliphatic carbocycles. The Bertz CT molecular complexity index is 499. The van der Waals surface area contributed by atoms with Crippen LogP contribution in [0.15, 0.2) is 24.3 Å². The molecule has 0 bridgehead atoms. The van der Waals surface area contributed by atoms with Gasteiger partial charge in [0.15, 0.2) is 0 Å². The van der Waals surface area contributed by atoms with Gasteiger partial charge in [-0.3, -0.25) is 0 Å². The number of nitrogens with zero attached hydrogens (tertiary/aromatic N) is 1. The quantitative estimate of drug-likeness (QED) is 0.744. The van der Waals surface area contributed by atoms with E-state index in [-0.39, 0.29) is 12.0 Å². The van der Waals surface area contributed by atoms with E-state index < -0.39 is 5.60 Å². The number of anilines is 1. The number of rotatable bonds is 4. The summed E-state index contributed by atoms with van der Waals surface area (Å²) in [6, 6.07) is 8.34. The van der Waals surface area contributed by atoms with Crippen molar-refractivity contribution in [1.82, 2.24) is 4.90 Å². The van der Waals surface area contributed by atoms with E-state index in [0.29, 0.717) is 0 Å². The van der Waals surface area contributed by atoms with Crippen LogP contribution in [0.1, 0.15) is 50.0 Å². The van der Waals surface area contributed by atoms with Crippen molar-refractivity contribution in [2.45, 2.75) is 56.1 Å². The van der Waals surface area contributed by atoms with Crippen molar-refractivity contribution in [1.29, 1.82) is 0 Å². The molecular formula is C18H29N3O. The lowest BCUT2D eigenvalue weighted by Crippen LogP contribution is -2.44. The van der Waals surface area contributed by atoms with Crippen LogP contribution in [0.3, 0.4) is 0 Å². The van der Waals surface area contributed by atoms with Gasteiger partial charge >= 0.3 is 0 Å². The zero-order valence-electron chi connectivity index (χ0n) is 13.4. The Kier molecular flexibility index (Phi) is 4.71. The van der Waals surface area contributed by atoms with Crippen molar-refractivity contribution in [3.05, 3.63) is 29.8 Å². The van der Waals surface area contributed by atoms with Gasteiger partial charge in [-0.05, 0) is 43.5 Å². The number of likely N-dealkylation sites (tertiary alicyclic amines) is 1. The number of nitrogen functional groups attached to an aromatic ring is 1. The van der Waals surface area contributed by atoms with Crippen LogP contribution >= 0.6 is 0 Å². The zero-order chi connectivity index (χ0) is 15.6. The summed E-state index contributed by atoms with van der Waals surface area (Å²) in [5.41, 5.74) is 13.4. The fourth-order valence-electron chi connectivity index (χ4n) is 4.16. The molecular weight excluding hydrogens is 274 g/mol. The normalized spacial score (nSPS) is 26.9. The molecule has 1 aliphatic heterocycles. The van der Waals surface area contributed by atoms with Crippen molar-refractivity contribution < 1.29 is 5.11 Å². The molecule has 5 N–H and O–H groups in total. The third-order valence-corrected chi connectivity index (χ3v) is 5.43. The van der Waals surface area contributed by atoms with Gasteiger partial charge in [-0.25, -0.2) is 0 Å². The Balaban J connectivity index is 1.84. The fourth-order valence-corrected chi connectivity index (χ4v) is 4.16. The molecule has 1 aromatic rings. The number of benzene rings is 1. The van der Waals surface area contributed by atoms with Gasteiger partial charge in [0.2, 0.25) is 0 Å². The topological polar surface area (TPSA) is 75.5 Å². The van der Waals surface area contributed by atoms with Gasteiger partial charge in [0.25, 0.3) is 0 Å². The molecule has 1 saturated carbocycles. The molecule has 0 radical (unpaired) electrons. The summed E-state index contributed by atoms with van der Waals surface area (Å²) in [5.74, 6) is 0.126. The van der Waals surface area contributed by atoms with E-state index in [1.54, 1.807) is 0 Å². The van der Waals surface area contributed by atoms with Crippen LogP contribution in [0, 0.1) is 0 Å². The molecule has 2 aliphatic rings. The van der Waals surface area contributed by atoms with E-state index >= 15 is 0 Å². The smallest absolute Gasteiger partial charge is 0.0728 e. The summed E-state index contributed by atoms with van der Waals surface area (Å²) in [7, 11) is 0. The lowest BCUT2D eigenvalue weighted by atomic mass is 9.72. The first kappa shape index (κ1) is 15.8. The van der Waals surface area contributed by atoms with E-state index in [4.69, 9.17) is 11.5 Å². The van der Waals surface area contributed by atoms with Crippen molar-refractivity contribution in [3.63, 3.8) is 0 Å². The lowest BCUT2D eigenvalue weighted by molar-refractivity contribution is -0.0294. The number of aliphatic hydroxyl groups is 1. The molecule has 4 nitrogen and oxygen atoms in total. The van der Waals surface area contributed by atoms with Gasteiger partial charge in [-0.1, -0.05) is 31.4 Å². The summed E-state index contributed by atoms with van der Waals surface area (Å²) < 4.78 is 0. The molecule has 0 amide bonds. The Morgan fingerprint density at radius 3 is 2.68 bits per heavy atom. The molecule has 1 saturated heterocycles. The van der Waals surface area contributed by atoms with Crippen LogP contribution in [0.2, 0.25) is 0 Å². The van der Waals surface area contributed by atoms with Gasteiger partial charge < -0.3 is 21.5 Å². The first-order valence-electron chi connectivity index (χ1n) is 8.62. The van der Waals surface area contributed by atoms with Gasteiger partial charge in [0.1, 0.15) is 0 Å². The average Bonchev–Trinajstić information content (AvgIpc) is 2.91. The SMILES string of the molecule is Nc1cccc(C(CN2CC[C@@H](N)C2)C2(O)CCCCC2)c1. The summed E-state index contributed by atoms with van der Waals surface area (Å²) in [4.78, 5) is 2.41. The summed E-state index contributed by atoms with van der Waals surface area (Å²) in [5, 5.41) is 11.3. The molecule has 22 heavy (non-hydrogen) atoms. The van der Waals surface area contributed by atoms with E-state index in [9.17, 15) is 5.11 Å². The predicted octanol–water partition coefficient (Wildman–Crippen LogP) is 2.08. The van der Waals surface area contributed by atoms with Crippen molar-refractivity contribution in [2.24, 2.45) is 5.73 Å². The maximum atomic E-state index is 11.3. The van der Waals surface area contributed by atoms with E-state index in [0.717, 1.165) is 57.4 Å². The monoisotopic (exact) mass is 303 g/mol. The van der Waals surface area contributed by atoms with Crippen LogP contribution in [0.4, 0.5) is 5.69 Å². The standard InChI is InChI=1S/C18H29N3O/c19-15-6-4-5-14(11-15)17(13-21-10-7-16(20)12-21)18(22)8-2-1-3-9-18/h4-6,11,16-17,22H,1-3,7-10,12-13,19-20H2/t16-,17?/m1/s1. The highest BCUT2D eigenvalue weighted by Gasteiger charge is 2.40.